The van der Waals surface area contributed by atoms with Crippen molar-refractivity contribution in [3.63, 3.8) is 0 Å². The molecule has 104 valence electrons. The minimum atomic E-state index is -0.503. The van der Waals surface area contributed by atoms with Crippen molar-refractivity contribution in [2.75, 3.05) is 13.1 Å². The number of nitrogens with zero attached hydrogens (tertiary/aromatic N) is 1. The van der Waals surface area contributed by atoms with Gasteiger partial charge in [0.25, 0.3) is 5.91 Å². The number of halogens is 2. The van der Waals surface area contributed by atoms with Gasteiger partial charge in [-0.25, -0.2) is 0 Å². The zero-order valence-electron chi connectivity index (χ0n) is 10.9. The van der Waals surface area contributed by atoms with Gasteiger partial charge in [-0.2, -0.15) is 0 Å². The van der Waals surface area contributed by atoms with Crippen LogP contribution < -0.4 is 4.74 Å². The van der Waals surface area contributed by atoms with E-state index in [9.17, 15) is 4.79 Å². The van der Waals surface area contributed by atoms with Gasteiger partial charge in [0.15, 0.2) is 6.10 Å². The topological polar surface area (TPSA) is 29.5 Å². The number of amides is 1. The monoisotopic (exact) mass is 345 g/mol. The Labute approximate surface area is 127 Å². The highest BCUT2D eigenvalue weighted by atomic mass is 79.9. The number of benzene rings is 1. The van der Waals surface area contributed by atoms with E-state index in [-0.39, 0.29) is 5.91 Å². The second kappa shape index (κ2) is 6.62. The summed E-state index contributed by atoms with van der Waals surface area (Å²) in [5, 5.41) is 0.507. The summed E-state index contributed by atoms with van der Waals surface area (Å²) in [6.45, 7) is 3.44. The minimum absolute atomic E-state index is 0.0404. The summed E-state index contributed by atoms with van der Waals surface area (Å²) in [6, 6.07) is 5.38. The van der Waals surface area contributed by atoms with Crippen molar-refractivity contribution in [3.05, 3.63) is 27.7 Å². The van der Waals surface area contributed by atoms with E-state index in [0.29, 0.717) is 10.8 Å². The number of hydrogen-bond acceptors (Lipinski definition) is 2. The molecular weight excluding hydrogens is 330 g/mol. The second-order valence-corrected chi connectivity index (χ2v) is 6.04. The van der Waals surface area contributed by atoms with Crippen LogP contribution >= 0.6 is 27.5 Å². The van der Waals surface area contributed by atoms with Crippen molar-refractivity contribution >= 4 is 33.4 Å². The van der Waals surface area contributed by atoms with E-state index in [0.717, 1.165) is 30.4 Å². The fourth-order valence-electron chi connectivity index (χ4n) is 2.18. The molecule has 0 aliphatic carbocycles. The number of piperidine rings is 1. The van der Waals surface area contributed by atoms with Gasteiger partial charge >= 0.3 is 0 Å². The Hall–Kier alpha value is -0.740. The van der Waals surface area contributed by atoms with E-state index < -0.39 is 6.10 Å². The third kappa shape index (κ3) is 3.86. The van der Waals surface area contributed by atoms with Crippen LogP contribution in [0.15, 0.2) is 22.7 Å². The summed E-state index contributed by atoms with van der Waals surface area (Å²) in [5.41, 5.74) is 0. The van der Waals surface area contributed by atoms with Crippen LogP contribution in [0, 0.1) is 0 Å². The highest BCUT2D eigenvalue weighted by Gasteiger charge is 2.23. The number of ether oxygens (including phenoxy) is 1. The van der Waals surface area contributed by atoms with Gasteiger partial charge < -0.3 is 9.64 Å². The predicted octanol–water partition coefficient (Wildman–Crippen LogP) is 3.88. The van der Waals surface area contributed by atoms with Crippen molar-refractivity contribution in [3.8, 4) is 5.75 Å². The van der Waals surface area contributed by atoms with E-state index in [2.05, 4.69) is 15.9 Å². The van der Waals surface area contributed by atoms with Crippen molar-refractivity contribution in [2.45, 2.75) is 32.3 Å². The summed E-state index contributed by atoms with van der Waals surface area (Å²) in [7, 11) is 0. The smallest absolute Gasteiger partial charge is 0.263 e. The molecule has 1 atom stereocenters. The van der Waals surface area contributed by atoms with Gasteiger partial charge in [0.05, 0.1) is 5.02 Å². The van der Waals surface area contributed by atoms with Crippen LogP contribution in [0.25, 0.3) is 0 Å². The van der Waals surface area contributed by atoms with Crippen molar-refractivity contribution < 1.29 is 9.53 Å². The molecule has 19 heavy (non-hydrogen) atoms. The first-order chi connectivity index (χ1) is 9.08. The summed E-state index contributed by atoms with van der Waals surface area (Å²) < 4.78 is 6.56. The first-order valence-electron chi connectivity index (χ1n) is 6.48. The second-order valence-electron chi connectivity index (χ2n) is 4.72. The van der Waals surface area contributed by atoms with Gasteiger partial charge in [-0.1, -0.05) is 27.5 Å². The zero-order chi connectivity index (χ0) is 13.8. The van der Waals surface area contributed by atoms with Crippen LogP contribution in [0.4, 0.5) is 0 Å². The number of carbonyl (C=O) groups excluding carboxylic acids is 1. The standard InChI is InChI=1S/C14H17BrClNO2/c1-10(14(18)17-7-3-2-4-8-17)19-13-6-5-11(15)9-12(13)16/h5-6,9-10H,2-4,7-8H2,1H3/t10-/m0/s1. The van der Waals surface area contributed by atoms with E-state index in [1.165, 1.54) is 6.42 Å². The van der Waals surface area contributed by atoms with E-state index in [1.54, 1.807) is 19.1 Å². The molecule has 0 saturated carbocycles. The Morgan fingerprint density at radius 2 is 2.05 bits per heavy atom. The minimum Gasteiger partial charge on any atom is -0.479 e. The molecule has 0 unspecified atom stereocenters. The largest absolute Gasteiger partial charge is 0.479 e. The van der Waals surface area contributed by atoms with Gasteiger partial charge in [0.2, 0.25) is 0 Å². The first-order valence-corrected chi connectivity index (χ1v) is 7.65. The molecule has 5 heteroatoms. The molecule has 0 aromatic heterocycles. The van der Waals surface area contributed by atoms with Crippen LogP contribution in [0.1, 0.15) is 26.2 Å². The fourth-order valence-corrected chi connectivity index (χ4v) is 2.90. The van der Waals surface area contributed by atoms with Crippen molar-refractivity contribution in [2.24, 2.45) is 0 Å². The van der Waals surface area contributed by atoms with Gasteiger partial charge in [-0.15, -0.1) is 0 Å². The van der Waals surface area contributed by atoms with E-state index in [4.69, 9.17) is 16.3 Å². The van der Waals surface area contributed by atoms with Crippen LogP contribution in [0.3, 0.4) is 0 Å². The molecule has 1 aromatic carbocycles. The summed E-state index contributed by atoms with van der Waals surface area (Å²) in [5.74, 6) is 0.585. The molecule has 0 N–H and O–H groups in total. The Balaban J connectivity index is 1.99. The molecule has 0 radical (unpaired) electrons. The third-order valence-corrected chi connectivity index (χ3v) is 4.00. The average Bonchev–Trinajstić information content (AvgIpc) is 2.42. The Morgan fingerprint density at radius 3 is 2.68 bits per heavy atom. The molecule has 0 spiro atoms. The third-order valence-electron chi connectivity index (χ3n) is 3.21. The maximum atomic E-state index is 12.2. The Bertz CT molecular complexity index is 461. The van der Waals surface area contributed by atoms with Gasteiger partial charge in [0, 0.05) is 17.6 Å². The number of carbonyl (C=O) groups is 1. The number of hydrogen-bond donors (Lipinski definition) is 0. The molecule has 1 amide bonds. The summed E-state index contributed by atoms with van der Waals surface area (Å²) in [6.07, 6.45) is 2.86. The lowest BCUT2D eigenvalue weighted by Crippen LogP contribution is -2.43. The highest BCUT2D eigenvalue weighted by molar-refractivity contribution is 9.10. The molecule has 3 nitrogen and oxygen atoms in total. The quantitative estimate of drug-likeness (QED) is 0.831. The molecule has 1 fully saturated rings. The predicted molar refractivity (Wildman–Crippen MR) is 79.7 cm³/mol. The number of likely N-dealkylation sites (tertiary alicyclic amines) is 1. The molecule has 1 saturated heterocycles. The molecular formula is C14H17BrClNO2. The molecule has 1 aromatic rings. The number of rotatable bonds is 3. The zero-order valence-corrected chi connectivity index (χ0v) is 13.2. The summed E-state index contributed by atoms with van der Waals surface area (Å²) in [4.78, 5) is 14.1. The normalized spacial score (nSPS) is 17.1. The van der Waals surface area contributed by atoms with Crippen LogP contribution in [0.2, 0.25) is 5.02 Å². The lowest BCUT2D eigenvalue weighted by Gasteiger charge is -2.29. The fraction of sp³-hybridized carbons (Fsp3) is 0.500. The molecule has 1 heterocycles. The SMILES string of the molecule is C[C@H](Oc1ccc(Br)cc1Cl)C(=O)N1CCCCC1. The van der Waals surface area contributed by atoms with Crippen LogP contribution in [0.5, 0.6) is 5.75 Å². The van der Waals surface area contributed by atoms with Crippen LogP contribution in [-0.2, 0) is 4.79 Å². The maximum absolute atomic E-state index is 12.2. The van der Waals surface area contributed by atoms with E-state index in [1.807, 2.05) is 11.0 Å². The van der Waals surface area contributed by atoms with Crippen LogP contribution in [-0.4, -0.2) is 30.0 Å². The van der Waals surface area contributed by atoms with Crippen molar-refractivity contribution in [1.29, 1.82) is 0 Å². The van der Waals surface area contributed by atoms with Gasteiger partial charge in [0.1, 0.15) is 5.75 Å². The maximum Gasteiger partial charge on any atom is 0.263 e. The van der Waals surface area contributed by atoms with Crippen molar-refractivity contribution in [1.82, 2.24) is 4.90 Å². The molecule has 2 rings (SSSR count). The average molecular weight is 347 g/mol. The molecule has 0 bridgehead atoms. The first kappa shape index (κ1) is 14.7. The Kier molecular flexibility index (Phi) is 5.11. The Morgan fingerprint density at radius 1 is 1.37 bits per heavy atom. The van der Waals surface area contributed by atoms with Gasteiger partial charge in [-0.3, -0.25) is 4.79 Å². The lowest BCUT2D eigenvalue weighted by molar-refractivity contribution is -0.138. The van der Waals surface area contributed by atoms with Gasteiger partial charge in [-0.05, 0) is 44.4 Å². The highest BCUT2D eigenvalue weighted by Crippen LogP contribution is 2.28. The summed E-state index contributed by atoms with van der Waals surface area (Å²) >= 11 is 9.42. The van der Waals surface area contributed by atoms with E-state index >= 15 is 0 Å². The molecule has 1 aliphatic rings. The molecule has 1 aliphatic heterocycles. The lowest BCUT2D eigenvalue weighted by atomic mass is 10.1.